The number of piperidine rings is 1. The Labute approximate surface area is 116 Å². The molecule has 0 amide bonds. The molecule has 2 saturated heterocycles. The van der Waals surface area contributed by atoms with Crippen molar-refractivity contribution in [3.05, 3.63) is 34.9 Å². The molecule has 2 fully saturated rings. The van der Waals surface area contributed by atoms with E-state index in [1.807, 2.05) is 0 Å². The average molecular weight is 259 g/mol. The van der Waals surface area contributed by atoms with E-state index in [-0.39, 0.29) is 6.10 Å². The lowest BCUT2D eigenvalue weighted by Crippen LogP contribution is -2.41. The van der Waals surface area contributed by atoms with Gasteiger partial charge in [-0.3, -0.25) is 0 Å². The fourth-order valence-electron chi connectivity index (χ4n) is 4.06. The van der Waals surface area contributed by atoms with Crippen LogP contribution in [-0.2, 0) is 0 Å². The number of rotatable bonds is 2. The molecule has 2 aliphatic heterocycles. The van der Waals surface area contributed by atoms with Crippen molar-refractivity contribution in [1.82, 2.24) is 4.90 Å². The summed E-state index contributed by atoms with van der Waals surface area (Å²) in [7, 11) is 2.25. The van der Waals surface area contributed by atoms with Gasteiger partial charge in [-0.1, -0.05) is 18.2 Å². The summed E-state index contributed by atoms with van der Waals surface area (Å²) in [6.45, 7) is 4.27. The summed E-state index contributed by atoms with van der Waals surface area (Å²) in [5.41, 5.74) is 3.70. The van der Waals surface area contributed by atoms with Crippen LogP contribution < -0.4 is 0 Å². The SMILES string of the molecule is Cc1cccc(C(O)C2CC3CCC(C2)N3C)c1C. The molecule has 1 aromatic rings. The monoisotopic (exact) mass is 259 g/mol. The lowest BCUT2D eigenvalue weighted by molar-refractivity contribution is 0.0353. The van der Waals surface area contributed by atoms with Gasteiger partial charge in [0.2, 0.25) is 0 Å². The highest BCUT2D eigenvalue weighted by Gasteiger charge is 2.41. The molecule has 0 saturated carbocycles. The highest BCUT2D eigenvalue weighted by Crippen LogP contribution is 2.43. The zero-order chi connectivity index (χ0) is 13.6. The minimum Gasteiger partial charge on any atom is -0.388 e. The van der Waals surface area contributed by atoms with E-state index in [0.717, 1.165) is 18.4 Å². The quantitative estimate of drug-likeness (QED) is 0.881. The molecule has 2 heterocycles. The maximum atomic E-state index is 10.8. The molecular formula is C17H25NO. The van der Waals surface area contributed by atoms with E-state index in [4.69, 9.17) is 0 Å². The van der Waals surface area contributed by atoms with Crippen molar-refractivity contribution in [3.63, 3.8) is 0 Å². The maximum absolute atomic E-state index is 10.8. The molecule has 2 aliphatic rings. The van der Waals surface area contributed by atoms with Gasteiger partial charge in [0.25, 0.3) is 0 Å². The third-order valence-corrected chi connectivity index (χ3v) is 5.55. The predicted molar refractivity (Wildman–Crippen MR) is 78.2 cm³/mol. The van der Waals surface area contributed by atoms with Crippen LogP contribution in [0, 0.1) is 19.8 Å². The van der Waals surface area contributed by atoms with E-state index in [2.05, 4.69) is 44.0 Å². The maximum Gasteiger partial charge on any atom is 0.0822 e. The molecule has 3 rings (SSSR count). The normalized spacial score (nSPS) is 32.5. The van der Waals surface area contributed by atoms with Crippen LogP contribution in [0.15, 0.2) is 18.2 Å². The van der Waals surface area contributed by atoms with Gasteiger partial charge < -0.3 is 10.0 Å². The smallest absolute Gasteiger partial charge is 0.0822 e. The van der Waals surface area contributed by atoms with Crippen LogP contribution >= 0.6 is 0 Å². The van der Waals surface area contributed by atoms with Gasteiger partial charge in [-0.05, 0) is 69.2 Å². The molecular weight excluding hydrogens is 234 g/mol. The standard InChI is InChI=1S/C17H25NO/c1-11-5-4-6-16(12(11)2)17(19)13-9-14-7-8-15(10-13)18(14)3/h4-6,13-15,17,19H,7-10H2,1-3H3. The number of hydrogen-bond donors (Lipinski definition) is 1. The van der Waals surface area contributed by atoms with Crippen LogP contribution in [0.1, 0.15) is 48.5 Å². The van der Waals surface area contributed by atoms with Crippen LogP contribution in [0.3, 0.4) is 0 Å². The van der Waals surface area contributed by atoms with Crippen LogP contribution in [0.4, 0.5) is 0 Å². The Balaban J connectivity index is 1.81. The first kappa shape index (κ1) is 13.1. The Morgan fingerprint density at radius 2 is 1.79 bits per heavy atom. The average Bonchev–Trinajstić information content (AvgIpc) is 2.64. The third kappa shape index (κ3) is 2.21. The first-order valence-electron chi connectivity index (χ1n) is 7.54. The van der Waals surface area contributed by atoms with Crippen LogP contribution in [-0.4, -0.2) is 29.1 Å². The van der Waals surface area contributed by atoms with Crippen molar-refractivity contribution in [1.29, 1.82) is 0 Å². The summed E-state index contributed by atoms with van der Waals surface area (Å²) in [4.78, 5) is 2.53. The van der Waals surface area contributed by atoms with E-state index in [9.17, 15) is 5.11 Å². The number of nitrogens with zero attached hydrogens (tertiary/aromatic N) is 1. The Kier molecular flexibility index (Phi) is 3.40. The molecule has 1 N–H and O–H groups in total. The minimum absolute atomic E-state index is 0.281. The zero-order valence-electron chi connectivity index (χ0n) is 12.3. The van der Waals surface area contributed by atoms with Crippen LogP contribution in [0.25, 0.3) is 0 Å². The van der Waals surface area contributed by atoms with Crippen molar-refractivity contribution in [2.45, 2.75) is 57.7 Å². The van der Waals surface area contributed by atoms with Crippen LogP contribution in [0.2, 0.25) is 0 Å². The highest BCUT2D eigenvalue weighted by molar-refractivity contribution is 5.35. The molecule has 0 radical (unpaired) electrons. The number of benzene rings is 1. The fraction of sp³-hybridized carbons (Fsp3) is 0.647. The molecule has 3 atom stereocenters. The molecule has 2 heteroatoms. The number of fused-ring (bicyclic) bond motifs is 2. The van der Waals surface area contributed by atoms with Crippen molar-refractivity contribution in [2.75, 3.05) is 7.05 Å². The second-order valence-electron chi connectivity index (χ2n) is 6.52. The summed E-state index contributed by atoms with van der Waals surface area (Å²) in [6, 6.07) is 7.70. The van der Waals surface area contributed by atoms with Crippen LogP contribution in [0.5, 0.6) is 0 Å². The Hall–Kier alpha value is -0.860. The third-order valence-electron chi connectivity index (χ3n) is 5.55. The van der Waals surface area contributed by atoms with Gasteiger partial charge in [0.05, 0.1) is 6.10 Å². The lowest BCUT2D eigenvalue weighted by atomic mass is 9.82. The van der Waals surface area contributed by atoms with Gasteiger partial charge in [0, 0.05) is 12.1 Å². The number of hydrogen-bond acceptors (Lipinski definition) is 2. The second-order valence-corrected chi connectivity index (χ2v) is 6.52. The Morgan fingerprint density at radius 3 is 2.42 bits per heavy atom. The molecule has 2 nitrogen and oxygen atoms in total. The number of aliphatic hydroxyl groups excluding tert-OH is 1. The predicted octanol–water partition coefficient (Wildman–Crippen LogP) is 3.21. The highest BCUT2D eigenvalue weighted by atomic mass is 16.3. The van der Waals surface area contributed by atoms with E-state index < -0.39 is 0 Å². The zero-order valence-corrected chi connectivity index (χ0v) is 12.3. The molecule has 2 bridgehead atoms. The lowest BCUT2D eigenvalue weighted by Gasteiger charge is -2.38. The van der Waals surface area contributed by atoms with Crippen molar-refractivity contribution < 1.29 is 5.11 Å². The van der Waals surface area contributed by atoms with Gasteiger partial charge in [-0.15, -0.1) is 0 Å². The molecule has 1 aromatic carbocycles. The fourth-order valence-corrected chi connectivity index (χ4v) is 4.06. The first-order chi connectivity index (χ1) is 9.08. The van der Waals surface area contributed by atoms with Crippen molar-refractivity contribution in [2.24, 2.45) is 5.92 Å². The van der Waals surface area contributed by atoms with Gasteiger partial charge in [0.1, 0.15) is 0 Å². The molecule has 0 aromatic heterocycles. The van der Waals surface area contributed by atoms with E-state index in [1.165, 1.54) is 24.0 Å². The summed E-state index contributed by atoms with van der Waals surface area (Å²) in [5.74, 6) is 0.439. The molecule has 0 aliphatic carbocycles. The summed E-state index contributed by atoms with van der Waals surface area (Å²) < 4.78 is 0. The molecule has 0 spiro atoms. The van der Waals surface area contributed by atoms with Crippen molar-refractivity contribution in [3.8, 4) is 0 Å². The van der Waals surface area contributed by atoms with Gasteiger partial charge in [-0.25, -0.2) is 0 Å². The summed E-state index contributed by atoms with van der Waals surface area (Å²) in [5, 5.41) is 10.8. The van der Waals surface area contributed by atoms with Gasteiger partial charge in [0.15, 0.2) is 0 Å². The Bertz CT molecular complexity index is 456. The largest absolute Gasteiger partial charge is 0.388 e. The summed E-state index contributed by atoms with van der Waals surface area (Å²) >= 11 is 0. The number of aryl methyl sites for hydroxylation is 1. The second kappa shape index (κ2) is 4.92. The molecule has 104 valence electrons. The Morgan fingerprint density at radius 1 is 1.16 bits per heavy atom. The van der Waals surface area contributed by atoms with E-state index in [1.54, 1.807) is 0 Å². The van der Waals surface area contributed by atoms with E-state index >= 15 is 0 Å². The summed E-state index contributed by atoms with van der Waals surface area (Å²) in [6.07, 6.45) is 4.66. The van der Waals surface area contributed by atoms with Gasteiger partial charge >= 0.3 is 0 Å². The first-order valence-corrected chi connectivity index (χ1v) is 7.54. The van der Waals surface area contributed by atoms with Gasteiger partial charge in [-0.2, -0.15) is 0 Å². The number of aliphatic hydroxyl groups is 1. The van der Waals surface area contributed by atoms with E-state index in [0.29, 0.717) is 18.0 Å². The van der Waals surface area contributed by atoms with Crippen molar-refractivity contribution >= 4 is 0 Å². The minimum atomic E-state index is -0.281. The topological polar surface area (TPSA) is 23.5 Å². The molecule has 19 heavy (non-hydrogen) atoms. The molecule has 3 unspecified atom stereocenters.